The lowest BCUT2D eigenvalue weighted by molar-refractivity contribution is 0.210. The standard InChI is InChI=1S/C11H27N2O3P/c1-6-7-8-9-10-11(12-13(2)3)17(14,15-4)16-5/h11-12H,6-10H2,1-5H3. The molecule has 0 amide bonds. The Bertz CT molecular complexity index is 229. The Balaban J connectivity index is 4.37. The number of nitrogens with zero attached hydrogens (tertiary/aromatic N) is 1. The summed E-state index contributed by atoms with van der Waals surface area (Å²) in [6.07, 6.45) is 5.36. The molecule has 0 fully saturated rings. The second-order valence-electron chi connectivity index (χ2n) is 4.29. The molecule has 5 nitrogen and oxygen atoms in total. The van der Waals surface area contributed by atoms with E-state index < -0.39 is 7.60 Å². The molecule has 1 N–H and O–H groups in total. The number of hydrogen-bond donors (Lipinski definition) is 1. The van der Waals surface area contributed by atoms with Crippen molar-refractivity contribution in [3.05, 3.63) is 0 Å². The van der Waals surface area contributed by atoms with Gasteiger partial charge < -0.3 is 9.05 Å². The lowest BCUT2D eigenvalue weighted by atomic mass is 10.1. The smallest absolute Gasteiger partial charge is 0.311 e. The van der Waals surface area contributed by atoms with Crippen molar-refractivity contribution in [3.63, 3.8) is 0 Å². The minimum absolute atomic E-state index is 0.274. The van der Waals surface area contributed by atoms with Gasteiger partial charge in [0.2, 0.25) is 0 Å². The van der Waals surface area contributed by atoms with E-state index in [1.807, 2.05) is 14.1 Å². The first-order valence-corrected chi connectivity index (χ1v) is 7.76. The van der Waals surface area contributed by atoms with E-state index in [0.717, 1.165) is 19.3 Å². The monoisotopic (exact) mass is 266 g/mol. The Hall–Kier alpha value is 0.0700. The van der Waals surface area contributed by atoms with Crippen LogP contribution in [0.1, 0.15) is 39.0 Å². The van der Waals surface area contributed by atoms with E-state index in [1.54, 1.807) is 5.01 Å². The fourth-order valence-corrected chi connectivity index (χ4v) is 3.21. The molecule has 1 unspecified atom stereocenters. The summed E-state index contributed by atoms with van der Waals surface area (Å²) in [5, 5.41) is 1.79. The zero-order valence-electron chi connectivity index (χ0n) is 11.7. The zero-order chi connectivity index (χ0) is 13.3. The summed E-state index contributed by atoms with van der Waals surface area (Å²) in [7, 11) is 3.56. The normalized spacial score (nSPS) is 14.2. The van der Waals surface area contributed by atoms with E-state index in [2.05, 4.69) is 12.3 Å². The summed E-state index contributed by atoms with van der Waals surface area (Å²) in [6.45, 7) is 2.17. The molecule has 17 heavy (non-hydrogen) atoms. The molecule has 0 aromatic heterocycles. The summed E-state index contributed by atoms with van der Waals surface area (Å²) in [5.74, 6) is -0.274. The van der Waals surface area contributed by atoms with Crippen LogP contribution in [0, 0.1) is 0 Å². The van der Waals surface area contributed by atoms with E-state index in [1.165, 1.54) is 27.1 Å². The number of hydrogen-bond acceptors (Lipinski definition) is 5. The Morgan fingerprint density at radius 2 is 1.76 bits per heavy atom. The molecule has 0 saturated heterocycles. The first-order chi connectivity index (χ1) is 8.00. The van der Waals surface area contributed by atoms with Crippen LogP contribution < -0.4 is 5.43 Å². The number of nitrogens with one attached hydrogen (secondary N) is 1. The van der Waals surface area contributed by atoms with Crippen LogP contribution in [-0.2, 0) is 13.6 Å². The zero-order valence-corrected chi connectivity index (χ0v) is 12.6. The van der Waals surface area contributed by atoms with Gasteiger partial charge in [-0.15, -0.1) is 0 Å². The quantitative estimate of drug-likeness (QED) is 0.374. The van der Waals surface area contributed by atoms with Gasteiger partial charge in [-0.05, 0) is 6.42 Å². The topological polar surface area (TPSA) is 50.8 Å². The van der Waals surface area contributed by atoms with Crippen molar-refractivity contribution in [1.29, 1.82) is 0 Å². The third-order valence-electron chi connectivity index (χ3n) is 2.63. The molecule has 1 atom stereocenters. The maximum Gasteiger partial charge on any atom is 0.348 e. The summed E-state index contributed by atoms with van der Waals surface area (Å²) < 4.78 is 22.4. The predicted octanol–water partition coefficient (Wildman–Crippen LogP) is 2.84. The SMILES string of the molecule is CCCCCCC(NN(C)C)P(=O)(OC)OC. The van der Waals surface area contributed by atoms with Gasteiger partial charge in [-0.1, -0.05) is 32.6 Å². The summed E-state index contributed by atoms with van der Waals surface area (Å²) >= 11 is 0. The van der Waals surface area contributed by atoms with Gasteiger partial charge >= 0.3 is 7.60 Å². The lowest BCUT2D eigenvalue weighted by Gasteiger charge is -2.28. The molecule has 0 bridgehead atoms. The lowest BCUT2D eigenvalue weighted by Crippen LogP contribution is -2.40. The molecule has 0 heterocycles. The molecular formula is C11H27N2O3P. The molecule has 0 radical (unpaired) electrons. The van der Waals surface area contributed by atoms with Crippen molar-refractivity contribution < 1.29 is 13.6 Å². The first kappa shape index (κ1) is 17.1. The Labute approximate surface area is 105 Å². The van der Waals surface area contributed by atoms with Gasteiger partial charge in [-0.3, -0.25) is 4.57 Å². The Kier molecular flexibility index (Phi) is 9.10. The summed E-state index contributed by atoms with van der Waals surface area (Å²) in [4.78, 5) is 0. The highest BCUT2D eigenvalue weighted by Gasteiger charge is 2.33. The highest BCUT2D eigenvalue weighted by molar-refractivity contribution is 7.54. The number of hydrazine groups is 1. The van der Waals surface area contributed by atoms with Gasteiger partial charge in [-0.2, -0.15) is 0 Å². The number of unbranched alkanes of at least 4 members (excludes halogenated alkanes) is 3. The molecule has 6 heteroatoms. The molecule has 0 aromatic carbocycles. The summed E-state index contributed by atoms with van der Waals surface area (Å²) in [6, 6.07) is 0. The average molecular weight is 266 g/mol. The van der Waals surface area contributed by atoms with Gasteiger partial charge in [0, 0.05) is 28.3 Å². The van der Waals surface area contributed by atoms with E-state index in [0.29, 0.717) is 0 Å². The molecular weight excluding hydrogens is 239 g/mol. The second kappa shape index (κ2) is 9.06. The highest BCUT2D eigenvalue weighted by Crippen LogP contribution is 2.52. The van der Waals surface area contributed by atoms with E-state index in [4.69, 9.17) is 9.05 Å². The predicted molar refractivity (Wildman–Crippen MR) is 71.0 cm³/mol. The first-order valence-electron chi connectivity index (χ1n) is 6.14. The van der Waals surface area contributed by atoms with Crippen LogP contribution in [0.4, 0.5) is 0 Å². The average Bonchev–Trinajstić information content (AvgIpc) is 2.31. The molecule has 0 aromatic rings. The van der Waals surface area contributed by atoms with Crippen molar-refractivity contribution in [2.24, 2.45) is 0 Å². The Morgan fingerprint density at radius 1 is 1.18 bits per heavy atom. The fourth-order valence-electron chi connectivity index (χ4n) is 1.68. The van der Waals surface area contributed by atoms with Crippen LogP contribution in [-0.4, -0.2) is 39.1 Å². The van der Waals surface area contributed by atoms with Gasteiger partial charge in [-0.25, -0.2) is 10.4 Å². The van der Waals surface area contributed by atoms with Crippen LogP contribution in [0.2, 0.25) is 0 Å². The van der Waals surface area contributed by atoms with E-state index in [-0.39, 0.29) is 5.78 Å². The van der Waals surface area contributed by atoms with E-state index >= 15 is 0 Å². The number of rotatable bonds is 10. The highest BCUT2D eigenvalue weighted by atomic mass is 31.2. The molecule has 0 spiro atoms. The second-order valence-corrected chi connectivity index (χ2v) is 6.73. The molecule has 0 aliphatic carbocycles. The van der Waals surface area contributed by atoms with Gasteiger partial charge in [0.05, 0.1) is 0 Å². The van der Waals surface area contributed by atoms with Crippen molar-refractivity contribution in [3.8, 4) is 0 Å². The minimum Gasteiger partial charge on any atom is -0.311 e. The van der Waals surface area contributed by atoms with Crippen LogP contribution >= 0.6 is 7.60 Å². The largest absolute Gasteiger partial charge is 0.348 e. The van der Waals surface area contributed by atoms with Crippen LogP contribution in [0.3, 0.4) is 0 Å². The third kappa shape index (κ3) is 6.53. The van der Waals surface area contributed by atoms with Crippen molar-refractivity contribution in [1.82, 2.24) is 10.4 Å². The fraction of sp³-hybridized carbons (Fsp3) is 1.00. The molecule has 104 valence electrons. The minimum atomic E-state index is -3.05. The van der Waals surface area contributed by atoms with Gasteiger partial charge in [0.1, 0.15) is 5.78 Å². The van der Waals surface area contributed by atoms with Crippen molar-refractivity contribution in [2.45, 2.75) is 44.8 Å². The Morgan fingerprint density at radius 3 is 2.18 bits per heavy atom. The summed E-state index contributed by atoms with van der Waals surface area (Å²) in [5.41, 5.74) is 3.12. The third-order valence-corrected chi connectivity index (χ3v) is 4.78. The van der Waals surface area contributed by atoms with Crippen LogP contribution in [0.5, 0.6) is 0 Å². The molecule has 0 aliphatic rings. The molecule has 0 saturated carbocycles. The maximum atomic E-state index is 12.3. The van der Waals surface area contributed by atoms with Crippen molar-refractivity contribution >= 4 is 7.60 Å². The van der Waals surface area contributed by atoms with Crippen molar-refractivity contribution in [2.75, 3.05) is 28.3 Å². The molecule has 0 rings (SSSR count). The van der Waals surface area contributed by atoms with Gasteiger partial charge in [0.25, 0.3) is 0 Å². The maximum absolute atomic E-state index is 12.3. The van der Waals surface area contributed by atoms with Gasteiger partial charge in [0.15, 0.2) is 0 Å². The van der Waals surface area contributed by atoms with Crippen LogP contribution in [0.15, 0.2) is 0 Å². The molecule has 0 aliphatic heterocycles. The van der Waals surface area contributed by atoms with Crippen LogP contribution in [0.25, 0.3) is 0 Å². The van der Waals surface area contributed by atoms with E-state index in [9.17, 15) is 4.57 Å².